The van der Waals surface area contributed by atoms with Crippen LogP contribution in [0.3, 0.4) is 0 Å². The Morgan fingerprint density at radius 1 is 0.857 bits per heavy atom. The van der Waals surface area contributed by atoms with Gasteiger partial charge in [-0.15, -0.1) is 0 Å². The normalized spacial score (nSPS) is 3.86. The minimum absolute atomic E-state index is 0. The van der Waals surface area contributed by atoms with Crippen LogP contribution in [0.15, 0.2) is 0 Å². The first-order chi connectivity index (χ1) is 1.73. The number of rotatable bonds is 0. The van der Waals surface area contributed by atoms with Gasteiger partial charge in [0.15, 0.2) is 0 Å². The molecule has 0 aliphatic carbocycles. The molecule has 7 heteroatoms. The molecule has 32 valence electrons. The average molecular weight is 364 g/mol. The van der Waals surface area contributed by atoms with Crippen LogP contribution in [0.2, 0.25) is 0 Å². The number of hydrogen-bond donors (Lipinski definition) is 0. The van der Waals surface area contributed by atoms with Gasteiger partial charge >= 0.3 is 54.6 Å². The van der Waals surface area contributed by atoms with E-state index in [1.54, 1.807) is 0 Å². The van der Waals surface area contributed by atoms with E-state index in [1.807, 2.05) is 0 Å². The predicted octanol–water partition coefficient (Wildman–Crippen LogP) is -6.95. The van der Waals surface area contributed by atoms with Gasteiger partial charge in [-0.1, -0.05) is 0 Å². The van der Waals surface area contributed by atoms with Crippen molar-refractivity contribution in [3.05, 3.63) is 0 Å². The summed E-state index contributed by atoms with van der Waals surface area (Å²) in [6, 6.07) is 0. The van der Waals surface area contributed by atoms with E-state index >= 15 is 0 Å². The van der Waals surface area contributed by atoms with Crippen LogP contribution >= 0.6 is 0 Å². The molecular weight excluding hydrogens is 364 g/mol. The fourth-order valence-electron chi connectivity index (χ4n) is 0. The molecule has 7 heavy (non-hydrogen) atoms. The maximum Gasteiger partial charge on any atom is 2.00 e. The average Bonchev–Trinajstić information content (AvgIpc) is 0.811. The van der Waals surface area contributed by atoms with Crippen LogP contribution < -0.4 is 32.1 Å². The molecule has 0 aromatic heterocycles. The Morgan fingerprint density at radius 3 is 0.857 bits per heavy atom. The third-order valence-corrected chi connectivity index (χ3v) is 0. The van der Waals surface area contributed by atoms with Crippen LogP contribution in [0, 0.1) is 0 Å². The van der Waals surface area contributed by atoms with Gasteiger partial charge in [-0.25, -0.2) is 0 Å². The summed E-state index contributed by atoms with van der Waals surface area (Å²) in [6.07, 6.45) is 0. The molecule has 3 nitrogen and oxygen atoms in total. The third kappa shape index (κ3) is 63.1. The van der Waals surface area contributed by atoms with Gasteiger partial charge in [0.1, 0.15) is 0 Å². The molecule has 0 saturated carbocycles. The van der Waals surface area contributed by atoms with Gasteiger partial charge in [0, 0.05) is 0 Å². The molecule has 0 aromatic rings. The van der Waals surface area contributed by atoms with Crippen molar-refractivity contribution >= 4 is 7.32 Å². The summed E-state index contributed by atoms with van der Waals surface area (Å²) in [5.41, 5.74) is 0. The quantitative estimate of drug-likeness (QED) is 0.402. The van der Waals surface area contributed by atoms with Gasteiger partial charge in [-0.2, -0.15) is 0 Å². The second kappa shape index (κ2) is 15.7. The van der Waals surface area contributed by atoms with Gasteiger partial charge in [0.05, 0.1) is 0 Å². The third-order valence-electron chi connectivity index (χ3n) is 0. The van der Waals surface area contributed by atoms with E-state index in [-0.39, 0.29) is 71.6 Å². The van der Waals surface area contributed by atoms with Gasteiger partial charge < -0.3 is 32.1 Å². The van der Waals surface area contributed by atoms with Crippen molar-refractivity contribution in [3.63, 3.8) is 0 Å². The van der Waals surface area contributed by atoms with E-state index in [2.05, 4.69) is 0 Å². The van der Waals surface area contributed by atoms with Gasteiger partial charge in [0.2, 0.25) is 0 Å². The Balaban J connectivity index is -0.0000000150. The fourth-order valence-corrected chi connectivity index (χ4v) is 0. The van der Waals surface area contributed by atoms with Crippen molar-refractivity contribution in [1.82, 2.24) is 0 Å². The smallest absolute Gasteiger partial charge is 1.00 e. The van der Waals surface area contributed by atoms with Crippen molar-refractivity contribution in [2.75, 3.05) is 0 Å². The van der Waals surface area contributed by atoms with E-state index in [0.717, 1.165) is 0 Å². The zero-order valence-corrected chi connectivity index (χ0v) is 13.3. The molecule has 0 atom stereocenters. The zero-order valence-electron chi connectivity index (χ0n) is 3.59. The Hall–Kier alpha value is 2.27. The van der Waals surface area contributed by atoms with Crippen molar-refractivity contribution in [2.24, 2.45) is 0 Å². The summed E-state index contributed by atoms with van der Waals surface area (Å²) in [7, 11) is -2.92. The molecule has 0 bridgehead atoms. The van der Waals surface area contributed by atoms with E-state index in [4.69, 9.17) is 15.1 Å². The Bertz CT molecular complexity index is 17.7. The summed E-state index contributed by atoms with van der Waals surface area (Å²) in [5, 5.41) is 25.2. The summed E-state index contributed by atoms with van der Waals surface area (Å²) in [4.78, 5) is 0. The molecule has 0 spiro atoms. The fraction of sp³-hybridized carbons (Fsp3) is 0. The second-order valence-corrected chi connectivity index (χ2v) is 0.289. The van der Waals surface area contributed by atoms with Crippen LogP contribution in [0.4, 0.5) is 0 Å². The minimum Gasteiger partial charge on any atom is -1.00 e. The molecule has 0 saturated heterocycles. The van der Waals surface area contributed by atoms with E-state index in [1.165, 1.54) is 0 Å². The van der Waals surface area contributed by atoms with E-state index in [0.29, 0.717) is 0 Å². The zero-order chi connectivity index (χ0) is 3.58. The number of halogens is 1. The molecule has 0 unspecified atom stereocenters. The van der Waals surface area contributed by atoms with Crippen LogP contribution in [0.25, 0.3) is 0 Å². The molecule has 0 amide bonds. The number of hydrogen-bond acceptors (Lipinski definition) is 3. The van der Waals surface area contributed by atoms with Gasteiger partial charge in [0.25, 0.3) is 0 Å². The van der Waals surface area contributed by atoms with Gasteiger partial charge in [-0.05, 0) is 0 Å². The summed E-state index contributed by atoms with van der Waals surface area (Å²) in [5.74, 6) is 0. The summed E-state index contributed by atoms with van der Waals surface area (Å²) in [6.45, 7) is 0. The molecule has 0 aliphatic rings. The van der Waals surface area contributed by atoms with Crippen LogP contribution in [0.1, 0.15) is 0 Å². The summed E-state index contributed by atoms with van der Waals surface area (Å²) < 4.78 is 0. The standard InChI is InChI=1S/BO3.BrH.2Cd/c2-1(3)4;;;/h;1H;;/q-3;;2*+2/p-1. The molecule has 0 aliphatic heterocycles. The summed E-state index contributed by atoms with van der Waals surface area (Å²) >= 11 is 0. The monoisotopic (exact) mass is 366 g/mol. The maximum absolute atomic E-state index is 8.42. The topological polar surface area (TPSA) is 69.2 Å². The minimum atomic E-state index is -2.92. The van der Waals surface area contributed by atoms with Crippen molar-refractivity contribution in [3.8, 4) is 0 Å². The molecule has 0 aromatic carbocycles. The first kappa shape index (κ1) is 22.8. The largest absolute Gasteiger partial charge is 2.00 e. The van der Waals surface area contributed by atoms with Crippen LogP contribution in [-0.4, -0.2) is 7.32 Å². The maximum atomic E-state index is 8.42. The predicted molar refractivity (Wildman–Crippen MR) is 5.75 cm³/mol. The molecule has 0 rings (SSSR count). The van der Waals surface area contributed by atoms with Crippen molar-refractivity contribution < 1.29 is 86.7 Å². The SMILES string of the molecule is [Br-].[Cd+2].[Cd+2].[O-]B([O-])[O-]. The Morgan fingerprint density at radius 2 is 0.857 bits per heavy atom. The molecular formula is BBrCd2O3. The van der Waals surface area contributed by atoms with E-state index < -0.39 is 7.32 Å². The second-order valence-electron chi connectivity index (χ2n) is 0.289. The Kier molecular flexibility index (Phi) is 51.3. The van der Waals surface area contributed by atoms with Crippen LogP contribution in [0.5, 0.6) is 0 Å². The van der Waals surface area contributed by atoms with E-state index in [9.17, 15) is 0 Å². The van der Waals surface area contributed by atoms with Crippen LogP contribution in [-0.2, 0) is 54.6 Å². The Labute approximate surface area is 92.8 Å². The van der Waals surface area contributed by atoms with Crippen molar-refractivity contribution in [1.29, 1.82) is 0 Å². The molecule has 0 heterocycles. The first-order valence-electron chi connectivity index (χ1n) is 0.707. The van der Waals surface area contributed by atoms with Crippen molar-refractivity contribution in [2.45, 2.75) is 0 Å². The first-order valence-corrected chi connectivity index (χ1v) is 0.707. The molecule has 0 N–H and O–H groups in total. The van der Waals surface area contributed by atoms with Gasteiger partial charge in [-0.3, -0.25) is 7.32 Å². The molecule has 0 radical (unpaired) electrons. The molecule has 0 fully saturated rings.